The summed E-state index contributed by atoms with van der Waals surface area (Å²) in [5.74, 6) is 1.15. The van der Waals surface area contributed by atoms with Crippen LogP contribution < -0.4 is 5.32 Å². The highest BCUT2D eigenvalue weighted by atomic mass is 16.2. The monoisotopic (exact) mass is 224 g/mol. The molecule has 0 radical (unpaired) electrons. The van der Waals surface area contributed by atoms with Gasteiger partial charge in [-0.2, -0.15) is 0 Å². The van der Waals surface area contributed by atoms with Crippen LogP contribution in [-0.2, 0) is 4.79 Å². The number of carbonyl (C=O) groups excluding carboxylic acids is 1. The summed E-state index contributed by atoms with van der Waals surface area (Å²) in [5.41, 5.74) is 0. The van der Waals surface area contributed by atoms with Crippen molar-refractivity contribution in [1.82, 2.24) is 10.2 Å². The molecule has 0 aromatic rings. The number of hydrogen-bond donors (Lipinski definition) is 1. The Kier molecular flexibility index (Phi) is 3.85. The maximum absolute atomic E-state index is 12.2. The maximum Gasteiger partial charge on any atom is 0.239 e. The van der Waals surface area contributed by atoms with Crippen LogP contribution in [0.2, 0.25) is 0 Å². The van der Waals surface area contributed by atoms with Crippen molar-refractivity contribution < 1.29 is 4.79 Å². The Hall–Kier alpha value is -0.570. The van der Waals surface area contributed by atoms with E-state index in [0.717, 1.165) is 31.8 Å². The fourth-order valence-electron chi connectivity index (χ4n) is 2.79. The van der Waals surface area contributed by atoms with Crippen molar-refractivity contribution in [3.8, 4) is 0 Å². The first-order valence-corrected chi connectivity index (χ1v) is 6.81. The summed E-state index contributed by atoms with van der Waals surface area (Å²) in [6.07, 6.45) is 5.76. The third-order valence-electron chi connectivity index (χ3n) is 3.92. The zero-order valence-electron chi connectivity index (χ0n) is 10.5. The van der Waals surface area contributed by atoms with Gasteiger partial charge in [0.25, 0.3) is 0 Å². The molecule has 1 aliphatic heterocycles. The summed E-state index contributed by atoms with van der Waals surface area (Å²) in [4.78, 5) is 14.4. The Morgan fingerprint density at radius 2 is 2.25 bits per heavy atom. The van der Waals surface area contributed by atoms with E-state index in [2.05, 4.69) is 24.1 Å². The number of rotatable bonds is 5. The third kappa shape index (κ3) is 2.40. The summed E-state index contributed by atoms with van der Waals surface area (Å²) in [7, 11) is 0. The van der Waals surface area contributed by atoms with Crippen molar-refractivity contribution >= 4 is 5.91 Å². The molecule has 1 saturated carbocycles. The molecule has 0 aromatic heterocycles. The van der Waals surface area contributed by atoms with Gasteiger partial charge in [-0.05, 0) is 38.1 Å². The topological polar surface area (TPSA) is 32.3 Å². The van der Waals surface area contributed by atoms with Crippen molar-refractivity contribution in [3.05, 3.63) is 0 Å². The average Bonchev–Trinajstić information content (AvgIpc) is 3.07. The number of nitrogens with one attached hydrogen (secondary N) is 1. The smallest absolute Gasteiger partial charge is 0.239 e. The lowest BCUT2D eigenvalue weighted by molar-refractivity contribution is -0.136. The number of likely N-dealkylation sites (tertiary alicyclic amines) is 1. The van der Waals surface area contributed by atoms with E-state index in [9.17, 15) is 4.79 Å². The zero-order valence-corrected chi connectivity index (χ0v) is 10.5. The number of nitrogens with zero attached hydrogens (tertiary/aromatic N) is 1. The van der Waals surface area contributed by atoms with Crippen LogP contribution in [0.3, 0.4) is 0 Å². The summed E-state index contributed by atoms with van der Waals surface area (Å²) in [6, 6.07) is 0.676. The van der Waals surface area contributed by atoms with Crippen molar-refractivity contribution in [2.24, 2.45) is 5.92 Å². The number of hydrogen-bond acceptors (Lipinski definition) is 2. The molecule has 2 rings (SSSR count). The van der Waals surface area contributed by atoms with E-state index >= 15 is 0 Å². The Labute approximate surface area is 98.6 Å². The van der Waals surface area contributed by atoms with Gasteiger partial charge in [-0.3, -0.25) is 4.79 Å². The van der Waals surface area contributed by atoms with E-state index in [0.29, 0.717) is 11.9 Å². The highest BCUT2D eigenvalue weighted by molar-refractivity contribution is 5.83. The second kappa shape index (κ2) is 5.17. The normalized spacial score (nSPS) is 34.2. The second-order valence-corrected chi connectivity index (χ2v) is 5.15. The molecule has 92 valence electrons. The summed E-state index contributed by atoms with van der Waals surface area (Å²) in [6.45, 7) is 6.33. The Morgan fingerprint density at radius 1 is 1.44 bits per heavy atom. The predicted octanol–water partition coefficient (Wildman–Crippen LogP) is 1.78. The van der Waals surface area contributed by atoms with E-state index in [1.165, 1.54) is 19.3 Å². The van der Waals surface area contributed by atoms with Gasteiger partial charge >= 0.3 is 0 Å². The SMILES string of the molecule is CCCNC1CCCN(C2CC2CC)C1=O. The van der Waals surface area contributed by atoms with Crippen molar-refractivity contribution in [2.75, 3.05) is 13.1 Å². The lowest BCUT2D eigenvalue weighted by Crippen LogP contribution is -2.51. The molecule has 3 nitrogen and oxygen atoms in total. The van der Waals surface area contributed by atoms with Crippen LogP contribution in [0.5, 0.6) is 0 Å². The molecule has 1 aliphatic carbocycles. The minimum atomic E-state index is 0.104. The molecule has 0 aromatic carbocycles. The van der Waals surface area contributed by atoms with Gasteiger partial charge in [-0.15, -0.1) is 0 Å². The number of amides is 1. The van der Waals surface area contributed by atoms with Crippen molar-refractivity contribution in [3.63, 3.8) is 0 Å². The maximum atomic E-state index is 12.2. The molecule has 0 spiro atoms. The van der Waals surface area contributed by atoms with Gasteiger partial charge in [-0.25, -0.2) is 0 Å². The van der Waals surface area contributed by atoms with Gasteiger partial charge in [-0.1, -0.05) is 20.3 Å². The van der Waals surface area contributed by atoms with E-state index in [-0.39, 0.29) is 6.04 Å². The highest BCUT2D eigenvalue weighted by Crippen LogP contribution is 2.39. The number of carbonyl (C=O) groups is 1. The molecule has 2 fully saturated rings. The predicted molar refractivity (Wildman–Crippen MR) is 65.2 cm³/mol. The molecule has 1 heterocycles. The zero-order chi connectivity index (χ0) is 11.5. The molecule has 3 unspecified atom stereocenters. The molecule has 1 saturated heterocycles. The summed E-state index contributed by atoms with van der Waals surface area (Å²) in [5, 5.41) is 3.38. The van der Waals surface area contributed by atoms with Crippen molar-refractivity contribution in [1.29, 1.82) is 0 Å². The van der Waals surface area contributed by atoms with Crippen LogP contribution in [0.15, 0.2) is 0 Å². The molecule has 2 aliphatic rings. The van der Waals surface area contributed by atoms with Crippen molar-refractivity contribution in [2.45, 2.75) is 58.0 Å². The first kappa shape index (κ1) is 11.9. The molecule has 16 heavy (non-hydrogen) atoms. The molecular formula is C13H24N2O. The largest absolute Gasteiger partial charge is 0.338 e. The molecule has 3 atom stereocenters. The minimum Gasteiger partial charge on any atom is -0.338 e. The quantitative estimate of drug-likeness (QED) is 0.772. The van der Waals surface area contributed by atoms with E-state index in [1.54, 1.807) is 0 Å². The van der Waals surface area contributed by atoms with Gasteiger partial charge in [0.1, 0.15) is 0 Å². The molecule has 3 heteroatoms. The van der Waals surface area contributed by atoms with Gasteiger partial charge in [0, 0.05) is 12.6 Å². The lowest BCUT2D eigenvalue weighted by Gasteiger charge is -2.33. The first-order chi connectivity index (χ1) is 7.77. The standard InChI is InChI=1S/C13H24N2O/c1-3-7-14-11-6-5-8-15(13(11)16)12-9-10(12)4-2/h10-12,14H,3-9H2,1-2H3. The van der Waals surface area contributed by atoms with Crippen LogP contribution in [0.25, 0.3) is 0 Å². The molecule has 0 bridgehead atoms. The van der Waals surface area contributed by atoms with E-state index < -0.39 is 0 Å². The molecule has 1 amide bonds. The lowest BCUT2D eigenvalue weighted by atomic mass is 10.0. The van der Waals surface area contributed by atoms with Crippen LogP contribution in [0, 0.1) is 5.92 Å². The van der Waals surface area contributed by atoms with E-state index in [4.69, 9.17) is 0 Å². The van der Waals surface area contributed by atoms with Gasteiger partial charge in [0.15, 0.2) is 0 Å². The Bertz CT molecular complexity index is 254. The summed E-state index contributed by atoms with van der Waals surface area (Å²) < 4.78 is 0. The van der Waals surface area contributed by atoms with Crippen LogP contribution in [-0.4, -0.2) is 36.0 Å². The first-order valence-electron chi connectivity index (χ1n) is 6.81. The number of piperidine rings is 1. The highest BCUT2D eigenvalue weighted by Gasteiger charge is 2.44. The summed E-state index contributed by atoms with van der Waals surface area (Å²) >= 11 is 0. The fourth-order valence-corrected chi connectivity index (χ4v) is 2.79. The Balaban J connectivity index is 1.87. The van der Waals surface area contributed by atoms with E-state index in [1.807, 2.05) is 0 Å². The van der Waals surface area contributed by atoms with Gasteiger partial charge in [0.05, 0.1) is 6.04 Å². The fraction of sp³-hybridized carbons (Fsp3) is 0.923. The van der Waals surface area contributed by atoms with Gasteiger partial charge < -0.3 is 10.2 Å². The molecule has 1 N–H and O–H groups in total. The van der Waals surface area contributed by atoms with Crippen LogP contribution >= 0.6 is 0 Å². The second-order valence-electron chi connectivity index (χ2n) is 5.15. The van der Waals surface area contributed by atoms with Gasteiger partial charge in [0.2, 0.25) is 5.91 Å². The Morgan fingerprint density at radius 3 is 2.88 bits per heavy atom. The van der Waals surface area contributed by atoms with Crippen LogP contribution in [0.1, 0.15) is 46.0 Å². The minimum absolute atomic E-state index is 0.104. The molecular weight excluding hydrogens is 200 g/mol. The average molecular weight is 224 g/mol. The van der Waals surface area contributed by atoms with Crippen LogP contribution in [0.4, 0.5) is 0 Å². The third-order valence-corrected chi connectivity index (χ3v) is 3.92.